The Bertz CT molecular complexity index is 1110. The van der Waals surface area contributed by atoms with Crippen molar-refractivity contribution < 1.29 is 29.0 Å². The molecule has 0 bridgehead atoms. The minimum Gasteiger partial charge on any atom is -0.490 e. The summed E-state index contributed by atoms with van der Waals surface area (Å²) in [7, 11) is 5.74. The summed E-state index contributed by atoms with van der Waals surface area (Å²) in [6, 6.07) is 4.83. The zero-order valence-corrected chi connectivity index (χ0v) is 29.1. The van der Waals surface area contributed by atoms with Gasteiger partial charge in [0, 0.05) is 50.8 Å². The Morgan fingerprint density at radius 1 is 1.07 bits per heavy atom. The predicted molar refractivity (Wildman–Crippen MR) is 181 cm³/mol. The fraction of sp³-hybridized carbons (Fsp3) is 0.743. The van der Waals surface area contributed by atoms with Crippen molar-refractivity contribution in [2.24, 2.45) is 5.92 Å². The van der Waals surface area contributed by atoms with Crippen LogP contribution in [0, 0.1) is 5.92 Å². The molecular weight excluding hydrogens is 586 g/mol. The summed E-state index contributed by atoms with van der Waals surface area (Å²) in [6.07, 6.45) is 8.68. The zero-order chi connectivity index (χ0) is 33.6. The van der Waals surface area contributed by atoms with Crippen LogP contribution in [-0.4, -0.2) is 116 Å². The molecule has 0 aromatic heterocycles. The molecule has 2 aliphatic rings. The zero-order valence-electron chi connectivity index (χ0n) is 29.1. The molecule has 46 heavy (non-hydrogen) atoms. The van der Waals surface area contributed by atoms with Gasteiger partial charge < -0.3 is 39.9 Å². The molecule has 11 nitrogen and oxygen atoms in total. The van der Waals surface area contributed by atoms with Crippen LogP contribution in [0.5, 0.6) is 5.75 Å². The molecular formula is C35H59N5O6. The van der Waals surface area contributed by atoms with Crippen LogP contribution in [0.2, 0.25) is 0 Å². The van der Waals surface area contributed by atoms with Gasteiger partial charge in [-0.2, -0.15) is 0 Å². The van der Waals surface area contributed by atoms with Gasteiger partial charge in [-0.1, -0.05) is 26.2 Å². The fourth-order valence-corrected chi connectivity index (χ4v) is 6.13. The molecule has 260 valence electrons. The predicted octanol–water partition coefficient (Wildman–Crippen LogP) is 4.74. The van der Waals surface area contributed by atoms with E-state index in [1.54, 1.807) is 35.0 Å². The molecule has 1 aliphatic heterocycles. The van der Waals surface area contributed by atoms with Crippen molar-refractivity contribution in [3.63, 3.8) is 0 Å². The van der Waals surface area contributed by atoms with Crippen molar-refractivity contribution in [3.05, 3.63) is 23.8 Å². The maximum atomic E-state index is 14.3. The first-order valence-corrected chi connectivity index (χ1v) is 17.3. The Kier molecular flexibility index (Phi) is 15.6. The lowest BCUT2D eigenvalue weighted by atomic mass is 9.96. The van der Waals surface area contributed by atoms with E-state index in [1.165, 1.54) is 6.42 Å². The number of rotatable bonds is 10. The monoisotopic (exact) mass is 645 g/mol. The van der Waals surface area contributed by atoms with Gasteiger partial charge in [0.2, 0.25) is 5.91 Å². The van der Waals surface area contributed by atoms with Crippen LogP contribution in [0.15, 0.2) is 18.2 Å². The molecule has 1 aliphatic carbocycles. The van der Waals surface area contributed by atoms with Crippen molar-refractivity contribution >= 4 is 23.5 Å². The van der Waals surface area contributed by atoms with E-state index in [2.05, 4.69) is 10.6 Å². The number of hydrogen-bond acceptors (Lipinski definition) is 7. The molecule has 1 heterocycles. The van der Waals surface area contributed by atoms with Crippen LogP contribution >= 0.6 is 0 Å². The third-order valence-corrected chi connectivity index (χ3v) is 9.08. The van der Waals surface area contributed by atoms with E-state index in [9.17, 15) is 19.5 Å². The molecule has 4 atom stereocenters. The molecule has 0 saturated heterocycles. The summed E-state index contributed by atoms with van der Waals surface area (Å²) in [5, 5.41) is 16.3. The smallest absolute Gasteiger partial charge is 0.317 e. The van der Waals surface area contributed by atoms with Gasteiger partial charge >= 0.3 is 6.03 Å². The van der Waals surface area contributed by atoms with Crippen LogP contribution in [0.3, 0.4) is 0 Å². The fourth-order valence-electron chi connectivity index (χ4n) is 6.13. The summed E-state index contributed by atoms with van der Waals surface area (Å²) < 4.78 is 12.7. The topological polar surface area (TPSA) is 124 Å². The molecule has 4 amide bonds. The van der Waals surface area contributed by atoms with Gasteiger partial charge in [-0.3, -0.25) is 9.59 Å². The van der Waals surface area contributed by atoms with E-state index in [0.29, 0.717) is 43.1 Å². The molecule has 1 saturated carbocycles. The van der Waals surface area contributed by atoms with Gasteiger partial charge in [-0.15, -0.1) is 0 Å². The molecule has 1 aromatic rings. The number of benzene rings is 1. The highest BCUT2D eigenvalue weighted by Crippen LogP contribution is 2.29. The van der Waals surface area contributed by atoms with Gasteiger partial charge in [-0.25, -0.2) is 4.79 Å². The Hall–Kier alpha value is -2.89. The van der Waals surface area contributed by atoms with E-state index < -0.39 is 6.04 Å². The number of aliphatic hydroxyl groups excluding tert-OH is 1. The Labute approximate surface area is 276 Å². The number of aliphatic hydroxyl groups is 1. The first-order valence-electron chi connectivity index (χ1n) is 17.3. The Morgan fingerprint density at radius 2 is 1.78 bits per heavy atom. The third-order valence-electron chi connectivity index (χ3n) is 9.08. The molecule has 0 spiro atoms. The summed E-state index contributed by atoms with van der Waals surface area (Å²) in [5.74, 6) is -0.0997. The number of nitrogens with zero attached hydrogens (tertiary/aromatic N) is 3. The number of likely N-dealkylation sites (N-methyl/N-ethyl adjacent to an activating group) is 1. The van der Waals surface area contributed by atoms with Crippen LogP contribution in [0.4, 0.5) is 10.5 Å². The highest BCUT2D eigenvalue weighted by atomic mass is 16.5. The highest BCUT2D eigenvalue weighted by molar-refractivity contribution is 5.99. The summed E-state index contributed by atoms with van der Waals surface area (Å²) in [6.45, 7) is 7.64. The van der Waals surface area contributed by atoms with Gasteiger partial charge in [0.1, 0.15) is 5.75 Å². The normalized spacial score (nSPS) is 22.7. The number of fused-ring (bicyclic) bond motifs is 1. The second-order valence-electron chi connectivity index (χ2n) is 13.6. The highest BCUT2D eigenvalue weighted by Gasteiger charge is 2.31. The minimum atomic E-state index is -0.481. The molecule has 0 unspecified atom stereocenters. The summed E-state index contributed by atoms with van der Waals surface area (Å²) in [5.41, 5.74) is 0.861. The van der Waals surface area contributed by atoms with E-state index in [1.807, 2.05) is 39.8 Å². The first kappa shape index (κ1) is 37.6. The second-order valence-corrected chi connectivity index (χ2v) is 13.6. The number of nitrogens with one attached hydrogen (secondary N) is 2. The van der Waals surface area contributed by atoms with E-state index in [-0.39, 0.29) is 48.6 Å². The van der Waals surface area contributed by atoms with Crippen LogP contribution in [-0.2, 0) is 9.53 Å². The lowest BCUT2D eigenvalue weighted by Gasteiger charge is -2.36. The van der Waals surface area contributed by atoms with Gasteiger partial charge in [-0.05, 0) is 91.2 Å². The van der Waals surface area contributed by atoms with Gasteiger partial charge in [0.25, 0.3) is 5.91 Å². The number of amides is 4. The number of carbonyl (C=O) groups is 3. The lowest BCUT2D eigenvalue weighted by molar-refractivity contribution is -0.116. The Morgan fingerprint density at radius 3 is 2.48 bits per heavy atom. The molecule has 1 aromatic carbocycles. The molecule has 0 radical (unpaired) electrons. The van der Waals surface area contributed by atoms with E-state index >= 15 is 0 Å². The van der Waals surface area contributed by atoms with E-state index in [0.717, 1.165) is 57.9 Å². The van der Waals surface area contributed by atoms with Crippen molar-refractivity contribution in [2.45, 2.75) is 109 Å². The van der Waals surface area contributed by atoms with Gasteiger partial charge in [0.05, 0.1) is 30.4 Å². The van der Waals surface area contributed by atoms with Crippen LogP contribution in [0.25, 0.3) is 0 Å². The number of anilines is 1. The molecule has 3 N–H and O–H groups in total. The van der Waals surface area contributed by atoms with Crippen LogP contribution in [0.1, 0.15) is 95.3 Å². The largest absolute Gasteiger partial charge is 0.490 e. The minimum absolute atomic E-state index is 0.102. The first-order chi connectivity index (χ1) is 22.0. The SMILES string of the molecule is C[C@H](CO)N1C[C@H](C)[C@@H](CN(C)C(=O)NC2CCCCC2)OCCCC[C@H](C)Oc2ccc(NC(=O)CCCN(C)C)cc2C1=O. The average Bonchev–Trinajstić information content (AvgIpc) is 3.02. The second kappa shape index (κ2) is 19.1. The number of hydrogen-bond donors (Lipinski definition) is 3. The van der Waals surface area contributed by atoms with Crippen molar-refractivity contribution in [1.82, 2.24) is 20.0 Å². The summed E-state index contributed by atoms with van der Waals surface area (Å²) in [4.78, 5) is 45.5. The number of urea groups is 1. The number of ether oxygens (including phenoxy) is 2. The van der Waals surface area contributed by atoms with Crippen molar-refractivity contribution in [3.8, 4) is 5.75 Å². The third kappa shape index (κ3) is 12.0. The quantitative estimate of drug-likeness (QED) is 0.336. The van der Waals surface area contributed by atoms with Crippen molar-refractivity contribution in [2.75, 3.05) is 59.3 Å². The molecule has 3 rings (SSSR count). The maximum Gasteiger partial charge on any atom is 0.317 e. The standard InChI is InChI=1S/C35H59N5O6/c1-25-22-40(26(2)24-41)34(43)30-21-29(36-33(42)16-12-19-38(4)5)17-18-31(30)46-27(3)13-10-11-20-45-32(25)23-39(6)35(44)37-28-14-8-7-9-15-28/h17-18,21,25-28,32,41H,7-16,19-20,22-24H2,1-6H3,(H,36,42)(H,37,44)/t25-,26+,27-,32+/m0/s1. The van der Waals surface area contributed by atoms with Gasteiger partial charge in [0.15, 0.2) is 0 Å². The average molecular weight is 646 g/mol. The molecule has 11 heteroatoms. The Balaban J connectivity index is 1.84. The lowest BCUT2D eigenvalue weighted by Crippen LogP contribution is -2.50. The molecule has 1 fully saturated rings. The van der Waals surface area contributed by atoms with E-state index in [4.69, 9.17) is 9.47 Å². The van der Waals surface area contributed by atoms with Crippen molar-refractivity contribution in [1.29, 1.82) is 0 Å². The summed E-state index contributed by atoms with van der Waals surface area (Å²) >= 11 is 0. The maximum absolute atomic E-state index is 14.3. The number of carbonyl (C=O) groups excluding carboxylic acids is 3. The van der Waals surface area contributed by atoms with Crippen LogP contribution < -0.4 is 15.4 Å².